The number of rotatable bonds is 7. The van der Waals surface area contributed by atoms with E-state index < -0.39 is 6.04 Å². The predicted octanol–water partition coefficient (Wildman–Crippen LogP) is 0.793. The Labute approximate surface area is 102 Å². The summed E-state index contributed by atoms with van der Waals surface area (Å²) in [5, 5.41) is 11.4. The Kier molecular flexibility index (Phi) is 6.29. The maximum atomic E-state index is 11.6. The largest absolute Gasteiger partial charge is 0.396 e. The van der Waals surface area contributed by atoms with Gasteiger partial charge in [-0.15, -0.1) is 0 Å². The first kappa shape index (κ1) is 13.7. The van der Waals surface area contributed by atoms with Gasteiger partial charge in [0.1, 0.15) is 0 Å². The fraction of sp³-hybridized carbons (Fsp3) is 0.462. The van der Waals surface area contributed by atoms with Crippen molar-refractivity contribution in [1.82, 2.24) is 5.32 Å². The van der Waals surface area contributed by atoms with Crippen LogP contribution in [0.1, 0.15) is 24.8 Å². The summed E-state index contributed by atoms with van der Waals surface area (Å²) in [4.78, 5) is 11.6. The summed E-state index contributed by atoms with van der Waals surface area (Å²) in [5.74, 6) is -0.133. The number of hydrogen-bond acceptors (Lipinski definition) is 3. The summed E-state index contributed by atoms with van der Waals surface area (Å²) in [5.41, 5.74) is 6.79. The Hall–Kier alpha value is -1.39. The van der Waals surface area contributed by atoms with Crippen molar-refractivity contribution in [3.05, 3.63) is 35.9 Å². The zero-order valence-corrected chi connectivity index (χ0v) is 9.93. The van der Waals surface area contributed by atoms with Gasteiger partial charge in [0.2, 0.25) is 5.91 Å². The summed E-state index contributed by atoms with van der Waals surface area (Å²) in [6.07, 6.45) is 2.08. The van der Waals surface area contributed by atoms with Gasteiger partial charge in [0.15, 0.2) is 0 Å². The van der Waals surface area contributed by atoms with E-state index in [-0.39, 0.29) is 12.5 Å². The maximum absolute atomic E-state index is 11.6. The lowest BCUT2D eigenvalue weighted by Gasteiger charge is -2.11. The van der Waals surface area contributed by atoms with Gasteiger partial charge in [0.05, 0.1) is 6.04 Å². The van der Waals surface area contributed by atoms with E-state index in [1.54, 1.807) is 0 Å². The van der Waals surface area contributed by atoms with E-state index in [0.29, 0.717) is 19.4 Å². The van der Waals surface area contributed by atoms with Crippen LogP contribution in [0.4, 0.5) is 0 Å². The normalized spacial score (nSPS) is 12.1. The van der Waals surface area contributed by atoms with Gasteiger partial charge >= 0.3 is 0 Å². The number of carbonyl (C=O) groups excluding carboxylic acids is 1. The molecule has 0 aliphatic carbocycles. The van der Waals surface area contributed by atoms with E-state index in [1.807, 2.05) is 30.3 Å². The van der Waals surface area contributed by atoms with Crippen molar-refractivity contribution in [2.45, 2.75) is 31.8 Å². The van der Waals surface area contributed by atoms with Crippen molar-refractivity contribution in [2.24, 2.45) is 5.73 Å². The third-order valence-corrected chi connectivity index (χ3v) is 2.57. The monoisotopic (exact) mass is 236 g/mol. The van der Waals surface area contributed by atoms with E-state index >= 15 is 0 Å². The van der Waals surface area contributed by atoms with Crippen molar-refractivity contribution >= 4 is 5.91 Å². The number of unbranched alkanes of at least 4 members (excludes halogenated alkanes) is 1. The van der Waals surface area contributed by atoms with Crippen LogP contribution in [0.2, 0.25) is 0 Å². The highest BCUT2D eigenvalue weighted by atomic mass is 16.2. The number of carbonyl (C=O) groups is 1. The van der Waals surface area contributed by atoms with Crippen LogP contribution in [0.25, 0.3) is 0 Å². The molecule has 0 aromatic heterocycles. The van der Waals surface area contributed by atoms with E-state index in [9.17, 15) is 4.79 Å². The van der Waals surface area contributed by atoms with Crippen LogP contribution in [-0.4, -0.2) is 23.7 Å². The molecular weight excluding hydrogens is 216 g/mol. The van der Waals surface area contributed by atoms with Crippen LogP contribution in [0.5, 0.6) is 0 Å². The Morgan fingerprint density at radius 3 is 2.65 bits per heavy atom. The molecule has 1 amide bonds. The molecule has 1 rings (SSSR count). The van der Waals surface area contributed by atoms with Gasteiger partial charge in [-0.05, 0) is 24.8 Å². The highest BCUT2D eigenvalue weighted by Gasteiger charge is 2.11. The molecule has 4 nitrogen and oxygen atoms in total. The van der Waals surface area contributed by atoms with Gasteiger partial charge in [-0.25, -0.2) is 0 Å². The minimum absolute atomic E-state index is 0.133. The second-order valence-electron chi connectivity index (χ2n) is 4.03. The molecular formula is C13H20N2O2. The molecule has 94 valence electrons. The van der Waals surface area contributed by atoms with Crippen LogP contribution >= 0.6 is 0 Å². The molecule has 0 saturated carbocycles. The van der Waals surface area contributed by atoms with Crippen LogP contribution in [0.3, 0.4) is 0 Å². The van der Waals surface area contributed by atoms with E-state index in [1.165, 1.54) is 0 Å². The average molecular weight is 236 g/mol. The summed E-state index contributed by atoms with van der Waals surface area (Å²) in [6, 6.07) is 9.23. The number of amides is 1. The lowest BCUT2D eigenvalue weighted by molar-refractivity contribution is -0.122. The van der Waals surface area contributed by atoms with E-state index in [2.05, 4.69) is 5.32 Å². The van der Waals surface area contributed by atoms with E-state index in [0.717, 1.165) is 12.0 Å². The molecule has 0 unspecified atom stereocenters. The molecule has 0 radical (unpaired) electrons. The highest BCUT2D eigenvalue weighted by Crippen LogP contribution is 2.00. The van der Waals surface area contributed by atoms with Crippen LogP contribution in [0, 0.1) is 0 Å². The number of benzene rings is 1. The summed E-state index contributed by atoms with van der Waals surface area (Å²) in [7, 11) is 0. The van der Waals surface area contributed by atoms with Crippen LogP contribution in [0.15, 0.2) is 30.3 Å². The quantitative estimate of drug-likeness (QED) is 0.613. The second kappa shape index (κ2) is 7.81. The SMILES string of the molecule is N[C@@H](CCCCO)C(=O)NCc1ccccc1. The average Bonchev–Trinajstić information content (AvgIpc) is 2.37. The highest BCUT2D eigenvalue weighted by molar-refractivity contribution is 5.81. The van der Waals surface area contributed by atoms with Crippen molar-refractivity contribution in [1.29, 1.82) is 0 Å². The number of aliphatic hydroxyl groups is 1. The zero-order valence-electron chi connectivity index (χ0n) is 9.93. The Morgan fingerprint density at radius 2 is 2.00 bits per heavy atom. The summed E-state index contributed by atoms with van der Waals surface area (Å²) < 4.78 is 0. The minimum atomic E-state index is -0.481. The molecule has 0 spiro atoms. The molecule has 0 fully saturated rings. The Bertz CT molecular complexity index is 327. The first-order chi connectivity index (χ1) is 8.24. The van der Waals surface area contributed by atoms with Crippen molar-refractivity contribution in [3.8, 4) is 0 Å². The molecule has 4 heteroatoms. The molecule has 0 aliphatic heterocycles. The zero-order chi connectivity index (χ0) is 12.5. The first-order valence-corrected chi connectivity index (χ1v) is 5.92. The Morgan fingerprint density at radius 1 is 1.29 bits per heavy atom. The van der Waals surface area contributed by atoms with Gasteiger partial charge < -0.3 is 16.2 Å². The van der Waals surface area contributed by atoms with Crippen LogP contribution < -0.4 is 11.1 Å². The third-order valence-electron chi connectivity index (χ3n) is 2.57. The molecule has 4 N–H and O–H groups in total. The lowest BCUT2D eigenvalue weighted by atomic mass is 10.1. The molecule has 0 heterocycles. The molecule has 1 aromatic carbocycles. The fourth-order valence-electron chi connectivity index (χ4n) is 1.52. The topological polar surface area (TPSA) is 75.3 Å². The summed E-state index contributed by atoms with van der Waals surface area (Å²) >= 11 is 0. The maximum Gasteiger partial charge on any atom is 0.237 e. The number of nitrogens with two attached hydrogens (primary N) is 1. The fourth-order valence-corrected chi connectivity index (χ4v) is 1.52. The first-order valence-electron chi connectivity index (χ1n) is 5.92. The molecule has 1 atom stereocenters. The molecule has 0 aliphatic rings. The van der Waals surface area contributed by atoms with Crippen LogP contribution in [-0.2, 0) is 11.3 Å². The van der Waals surface area contributed by atoms with Gasteiger partial charge in [0.25, 0.3) is 0 Å². The van der Waals surface area contributed by atoms with Crippen molar-refractivity contribution < 1.29 is 9.90 Å². The van der Waals surface area contributed by atoms with Gasteiger partial charge in [-0.2, -0.15) is 0 Å². The third kappa shape index (κ3) is 5.47. The van der Waals surface area contributed by atoms with E-state index in [4.69, 9.17) is 10.8 Å². The smallest absolute Gasteiger partial charge is 0.237 e. The Balaban J connectivity index is 2.24. The standard InChI is InChI=1S/C13H20N2O2/c14-12(8-4-5-9-16)13(17)15-10-11-6-2-1-3-7-11/h1-3,6-7,12,16H,4-5,8-10,14H2,(H,15,17)/t12-/m0/s1. The molecule has 0 saturated heterocycles. The predicted molar refractivity (Wildman–Crippen MR) is 67.2 cm³/mol. The van der Waals surface area contributed by atoms with Gasteiger partial charge in [-0.3, -0.25) is 4.79 Å². The van der Waals surface area contributed by atoms with Crippen molar-refractivity contribution in [2.75, 3.05) is 6.61 Å². The van der Waals surface area contributed by atoms with Gasteiger partial charge in [-0.1, -0.05) is 30.3 Å². The lowest BCUT2D eigenvalue weighted by Crippen LogP contribution is -2.40. The molecule has 0 bridgehead atoms. The number of aliphatic hydroxyl groups excluding tert-OH is 1. The molecule has 17 heavy (non-hydrogen) atoms. The summed E-state index contributed by atoms with van der Waals surface area (Å²) in [6.45, 7) is 0.658. The number of nitrogens with one attached hydrogen (secondary N) is 1. The van der Waals surface area contributed by atoms with Crippen molar-refractivity contribution in [3.63, 3.8) is 0 Å². The minimum Gasteiger partial charge on any atom is -0.396 e. The second-order valence-corrected chi connectivity index (χ2v) is 4.03. The van der Waals surface area contributed by atoms with Gasteiger partial charge in [0, 0.05) is 13.2 Å². The molecule has 1 aromatic rings. The number of hydrogen-bond donors (Lipinski definition) is 3.